The van der Waals surface area contributed by atoms with Crippen molar-refractivity contribution in [3.05, 3.63) is 34.8 Å². The Labute approximate surface area is 85.1 Å². The predicted octanol–water partition coefficient (Wildman–Crippen LogP) is 2.89. The fraction of sp³-hybridized carbons (Fsp3) is 0.182. The lowest BCUT2D eigenvalue weighted by molar-refractivity contribution is 0.0664. The molecule has 2 aromatic rings. The Morgan fingerprint density at radius 3 is 2.67 bits per heavy atom. The van der Waals surface area contributed by atoms with Gasteiger partial charge in [0.2, 0.25) is 5.76 Å². The van der Waals surface area contributed by atoms with Crippen LogP contribution in [0.5, 0.6) is 0 Å². The number of aryl methyl sites for hydroxylation is 2. The summed E-state index contributed by atoms with van der Waals surface area (Å²) in [6.45, 7) is 3.29. The first kappa shape index (κ1) is 9.71. The standard InChI is InChI=1S/C11H9FO3/c1-5-3-7(12)4-8-6(2)10(11(13)14)15-9(5)8/h3-4H,1-2H3,(H,13,14). The van der Waals surface area contributed by atoms with Crippen LogP contribution in [-0.2, 0) is 0 Å². The smallest absolute Gasteiger partial charge is 0.372 e. The Morgan fingerprint density at radius 2 is 2.07 bits per heavy atom. The highest BCUT2D eigenvalue weighted by Crippen LogP contribution is 2.28. The van der Waals surface area contributed by atoms with Crippen LogP contribution in [0.4, 0.5) is 4.39 Å². The van der Waals surface area contributed by atoms with Crippen molar-refractivity contribution in [2.45, 2.75) is 13.8 Å². The first-order valence-corrected chi connectivity index (χ1v) is 4.43. The summed E-state index contributed by atoms with van der Waals surface area (Å²) in [6.07, 6.45) is 0. The molecule has 0 fully saturated rings. The maximum absolute atomic E-state index is 13.1. The molecule has 0 unspecified atom stereocenters. The van der Waals surface area contributed by atoms with Crippen LogP contribution in [0, 0.1) is 19.7 Å². The van der Waals surface area contributed by atoms with Gasteiger partial charge in [0.25, 0.3) is 0 Å². The van der Waals surface area contributed by atoms with Crippen LogP contribution < -0.4 is 0 Å². The average Bonchev–Trinajstić information content (AvgIpc) is 2.44. The molecular weight excluding hydrogens is 199 g/mol. The Kier molecular flexibility index (Phi) is 2.00. The fourth-order valence-corrected chi connectivity index (χ4v) is 1.65. The van der Waals surface area contributed by atoms with Crippen molar-refractivity contribution in [2.75, 3.05) is 0 Å². The number of furan rings is 1. The molecule has 0 atom stereocenters. The number of carboxylic acids is 1. The molecule has 0 aliphatic heterocycles. The van der Waals surface area contributed by atoms with Gasteiger partial charge in [0.1, 0.15) is 11.4 Å². The number of rotatable bonds is 1. The van der Waals surface area contributed by atoms with Gasteiger partial charge in [0.15, 0.2) is 0 Å². The zero-order valence-corrected chi connectivity index (χ0v) is 8.30. The van der Waals surface area contributed by atoms with E-state index in [1.807, 2.05) is 0 Å². The molecule has 0 saturated heterocycles. The maximum Gasteiger partial charge on any atom is 0.372 e. The highest BCUT2D eigenvalue weighted by atomic mass is 19.1. The third-order valence-corrected chi connectivity index (χ3v) is 2.38. The van der Waals surface area contributed by atoms with Gasteiger partial charge in [-0.2, -0.15) is 0 Å². The lowest BCUT2D eigenvalue weighted by atomic mass is 10.1. The molecule has 4 heteroatoms. The van der Waals surface area contributed by atoms with Gasteiger partial charge < -0.3 is 9.52 Å². The summed E-state index contributed by atoms with van der Waals surface area (Å²) in [4.78, 5) is 10.8. The lowest BCUT2D eigenvalue weighted by Crippen LogP contribution is -1.95. The number of aromatic carboxylic acids is 1. The van der Waals surface area contributed by atoms with Crippen molar-refractivity contribution in [3.8, 4) is 0 Å². The van der Waals surface area contributed by atoms with Crippen molar-refractivity contribution in [2.24, 2.45) is 0 Å². The van der Waals surface area contributed by atoms with Crippen molar-refractivity contribution in [1.29, 1.82) is 0 Å². The normalized spacial score (nSPS) is 10.9. The van der Waals surface area contributed by atoms with E-state index in [-0.39, 0.29) is 11.6 Å². The molecule has 15 heavy (non-hydrogen) atoms. The Hall–Kier alpha value is -1.84. The van der Waals surface area contributed by atoms with Crippen LogP contribution in [-0.4, -0.2) is 11.1 Å². The molecular formula is C11H9FO3. The van der Waals surface area contributed by atoms with Crippen molar-refractivity contribution in [3.63, 3.8) is 0 Å². The number of halogens is 1. The van der Waals surface area contributed by atoms with Gasteiger partial charge in [0, 0.05) is 10.9 Å². The van der Waals surface area contributed by atoms with E-state index < -0.39 is 5.97 Å². The number of fused-ring (bicyclic) bond motifs is 1. The first-order valence-electron chi connectivity index (χ1n) is 4.43. The van der Waals surface area contributed by atoms with E-state index in [1.54, 1.807) is 13.8 Å². The number of benzene rings is 1. The van der Waals surface area contributed by atoms with Gasteiger partial charge in [-0.1, -0.05) is 0 Å². The van der Waals surface area contributed by atoms with Crippen molar-refractivity contribution >= 4 is 16.9 Å². The minimum Gasteiger partial charge on any atom is -0.475 e. The topological polar surface area (TPSA) is 50.4 Å². The second-order valence-corrected chi connectivity index (χ2v) is 3.46. The molecule has 0 aliphatic carbocycles. The van der Waals surface area contributed by atoms with Crippen LogP contribution in [0.2, 0.25) is 0 Å². The summed E-state index contributed by atoms with van der Waals surface area (Å²) in [5.41, 5.74) is 1.49. The average molecular weight is 208 g/mol. The highest BCUT2D eigenvalue weighted by Gasteiger charge is 2.18. The molecule has 0 aliphatic rings. The van der Waals surface area contributed by atoms with Crippen LogP contribution in [0.25, 0.3) is 11.0 Å². The molecule has 78 valence electrons. The van der Waals surface area contributed by atoms with Gasteiger partial charge in [-0.15, -0.1) is 0 Å². The molecule has 0 bridgehead atoms. The number of hydrogen-bond acceptors (Lipinski definition) is 2. The monoisotopic (exact) mass is 208 g/mol. The molecule has 3 nitrogen and oxygen atoms in total. The van der Waals surface area contributed by atoms with Gasteiger partial charge in [-0.3, -0.25) is 0 Å². The van der Waals surface area contributed by atoms with E-state index in [4.69, 9.17) is 9.52 Å². The fourth-order valence-electron chi connectivity index (χ4n) is 1.65. The molecule has 0 amide bonds. The molecule has 1 aromatic heterocycles. The van der Waals surface area contributed by atoms with Crippen molar-refractivity contribution in [1.82, 2.24) is 0 Å². The van der Waals surface area contributed by atoms with E-state index in [1.165, 1.54) is 12.1 Å². The predicted molar refractivity (Wildman–Crippen MR) is 52.6 cm³/mol. The summed E-state index contributed by atoms with van der Waals surface area (Å²) >= 11 is 0. The van der Waals surface area contributed by atoms with E-state index in [9.17, 15) is 9.18 Å². The molecule has 0 spiro atoms. The van der Waals surface area contributed by atoms with E-state index >= 15 is 0 Å². The summed E-state index contributed by atoms with van der Waals surface area (Å²) in [7, 11) is 0. The van der Waals surface area contributed by atoms with Crippen LogP contribution in [0.3, 0.4) is 0 Å². The third-order valence-electron chi connectivity index (χ3n) is 2.38. The lowest BCUT2D eigenvalue weighted by Gasteiger charge is -1.94. The molecule has 1 N–H and O–H groups in total. The van der Waals surface area contributed by atoms with E-state index in [0.717, 1.165) is 0 Å². The maximum atomic E-state index is 13.1. The first-order chi connectivity index (χ1) is 7.00. The number of carbonyl (C=O) groups is 1. The molecule has 0 radical (unpaired) electrons. The highest BCUT2D eigenvalue weighted by molar-refractivity contribution is 5.95. The second kappa shape index (κ2) is 3.08. The number of carboxylic acid groups (broad SMARTS) is 1. The quantitative estimate of drug-likeness (QED) is 0.783. The zero-order chi connectivity index (χ0) is 11.2. The largest absolute Gasteiger partial charge is 0.475 e. The summed E-state index contributed by atoms with van der Waals surface area (Å²) < 4.78 is 18.3. The molecule has 2 rings (SSSR count). The second-order valence-electron chi connectivity index (χ2n) is 3.46. The molecule has 1 heterocycles. The third kappa shape index (κ3) is 1.38. The Bertz CT molecular complexity index is 554. The van der Waals surface area contributed by atoms with Crippen molar-refractivity contribution < 1.29 is 18.7 Å². The van der Waals surface area contributed by atoms with Crippen LogP contribution in [0.15, 0.2) is 16.5 Å². The zero-order valence-electron chi connectivity index (χ0n) is 8.30. The van der Waals surface area contributed by atoms with Crippen LogP contribution in [0.1, 0.15) is 21.7 Å². The minimum absolute atomic E-state index is 0.126. The Balaban J connectivity index is 2.88. The van der Waals surface area contributed by atoms with Gasteiger partial charge in [-0.25, -0.2) is 9.18 Å². The number of hydrogen-bond donors (Lipinski definition) is 1. The molecule has 0 saturated carbocycles. The van der Waals surface area contributed by atoms with Gasteiger partial charge >= 0.3 is 5.97 Å². The Morgan fingerprint density at radius 1 is 1.40 bits per heavy atom. The summed E-state index contributed by atoms with van der Waals surface area (Å²) in [5.74, 6) is -1.65. The van der Waals surface area contributed by atoms with E-state index in [2.05, 4.69) is 0 Å². The van der Waals surface area contributed by atoms with Gasteiger partial charge in [-0.05, 0) is 31.5 Å². The van der Waals surface area contributed by atoms with Gasteiger partial charge in [0.05, 0.1) is 0 Å². The molecule has 1 aromatic carbocycles. The minimum atomic E-state index is -1.14. The van der Waals surface area contributed by atoms with E-state index in [0.29, 0.717) is 22.1 Å². The summed E-state index contributed by atoms with van der Waals surface area (Å²) in [6, 6.07) is 2.60. The summed E-state index contributed by atoms with van der Waals surface area (Å²) in [5, 5.41) is 9.36. The van der Waals surface area contributed by atoms with Crippen LogP contribution >= 0.6 is 0 Å². The SMILES string of the molecule is Cc1c(C(=O)O)oc2c(C)cc(F)cc12.